The van der Waals surface area contributed by atoms with Gasteiger partial charge in [0.15, 0.2) is 17.8 Å². The van der Waals surface area contributed by atoms with Crippen LogP contribution in [0.5, 0.6) is 5.75 Å². The molecule has 0 aliphatic heterocycles. The van der Waals surface area contributed by atoms with Gasteiger partial charge in [0.25, 0.3) is 0 Å². The number of halogens is 4. The van der Waals surface area contributed by atoms with Crippen molar-refractivity contribution >= 4 is 11.6 Å². The largest absolute Gasteiger partial charge is 0.483 e. The van der Waals surface area contributed by atoms with Crippen LogP contribution >= 0.6 is 11.6 Å². The molecule has 0 spiro atoms. The maximum atomic E-state index is 13.1. The molecular weight excluding hydrogens is 355 g/mol. The molecular formula is C17H13ClF3N3O. The Kier molecular flexibility index (Phi) is 4.67. The first kappa shape index (κ1) is 17.3. The Bertz CT molecular complexity index is 862. The van der Waals surface area contributed by atoms with Gasteiger partial charge < -0.3 is 4.74 Å². The first-order valence-corrected chi connectivity index (χ1v) is 7.73. The highest BCUT2D eigenvalue weighted by atomic mass is 35.5. The van der Waals surface area contributed by atoms with Gasteiger partial charge in [-0.1, -0.05) is 29.8 Å². The van der Waals surface area contributed by atoms with Crippen molar-refractivity contribution in [2.24, 2.45) is 0 Å². The van der Waals surface area contributed by atoms with Gasteiger partial charge in [-0.05, 0) is 37.3 Å². The lowest BCUT2D eigenvalue weighted by atomic mass is 10.1. The second-order valence-corrected chi connectivity index (χ2v) is 5.74. The highest BCUT2D eigenvalue weighted by molar-refractivity contribution is 6.30. The molecule has 0 saturated heterocycles. The summed E-state index contributed by atoms with van der Waals surface area (Å²) in [5.41, 5.74) is -0.872. The van der Waals surface area contributed by atoms with Crippen LogP contribution in [0.1, 0.15) is 24.4 Å². The first-order valence-electron chi connectivity index (χ1n) is 7.35. The van der Waals surface area contributed by atoms with Crippen LogP contribution in [0.15, 0.2) is 48.5 Å². The van der Waals surface area contributed by atoms with Gasteiger partial charge in [-0.15, -0.1) is 0 Å². The van der Waals surface area contributed by atoms with Crippen molar-refractivity contribution < 1.29 is 17.9 Å². The van der Waals surface area contributed by atoms with Crippen molar-refractivity contribution in [1.82, 2.24) is 15.2 Å². The molecule has 4 nitrogen and oxygen atoms in total. The third kappa shape index (κ3) is 3.93. The number of H-pyrrole nitrogens is 1. The number of ether oxygens (including phenoxy) is 1. The molecule has 0 aliphatic rings. The lowest BCUT2D eigenvalue weighted by Crippen LogP contribution is -2.07. The van der Waals surface area contributed by atoms with Gasteiger partial charge in [-0.25, -0.2) is 4.98 Å². The lowest BCUT2D eigenvalue weighted by Gasteiger charge is -2.12. The van der Waals surface area contributed by atoms with Crippen molar-refractivity contribution in [3.63, 3.8) is 0 Å². The van der Waals surface area contributed by atoms with E-state index in [-0.39, 0.29) is 11.4 Å². The number of nitrogens with zero attached hydrogens (tertiary/aromatic N) is 2. The first-order chi connectivity index (χ1) is 11.8. The topological polar surface area (TPSA) is 50.8 Å². The minimum Gasteiger partial charge on any atom is -0.483 e. The van der Waals surface area contributed by atoms with Gasteiger partial charge in [0, 0.05) is 10.6 Å². The van der Waals surface area contributed by atoms with Gasteiger partial charge in [0.05, 0.1) is 5.56 Å². The predicted octanol–water partition coefficient (Wildman–Crippen LogP) is 5.28. The van der Waals surface area contributed by atoms with E-state index in [1.54, 1.807) is 31.2 Å². The van der Waals surface area contributed by atoms with Crippen molar-refractivity contribution in [1.29, 1.82) is 0 Å². The monoisotopic (exact) mass is 367 g/mol. The average molecular weight is 368 g/mol. The fraction of sp³-hybridized carbons (Fsp3) is 0.176. The number of alkyl halides is 3. The van der Waals surface area contributed by atoms with E-state index in [4.69, 9.17) is 16.3 Å². The molecule has 1 aromatic heterocycles. The molecule has 25 heavy (non-hydrogen) atoms. The van der Waals surface area contributed by atoms with Crippen LogP contribution in [0.2, 0.25) is 5.02 Å². The van der Waals surface area contributed by atoms with E-state index >= 15 is 0 Å². The Morgan fingerprint density at radius 3 is 2.44 bits per heavy atom. The molecule has 0 saturated carbocycles. The third-order valence-corrected chi connectivity index (χ3v) is 3.74. The van der Waals surface area contributed by atoms with Crippen LogP contribution in [0, 0.1) is 0 Å². The maximum absolute atomic E-state index is 13.1. The normalized spacial score (nSPS) is 12.8. The van der Waals surface area contributed by atoms with E-state index in [2.05, 4.69) is 15.2 Å². The molecule has 3 aromatic rings. The quantitative estimate of drug-likeness (QED) is 0.682. The zero-order chi connectivity index (χ0) is 18.0. The summed E-state index contributed by atoms with van der Waals surface area (Å²) in [7, 11) is 0. The molecule has 0 bridgehead atoms. The Morgan fingerprint density at radius 1 is 1.08 bits per heavy atom. The van der Waals surface area contributed by atoms with Crippen molar-refractivity contribution in [3.8, 4) is 17.1 Å². The Hall–Kier alpha value is -2.54. The number of nitrogens with one attached hydrogen (secondary N) is 1. The molecule has 1 atom stereocenters. The maximum Gasteiger partial charge on any atom is 0.417 e. The van der Waals surface area contributed by atoms with E-state index in [9.17, 15) is 13.2 Å². The second kappa shape index (κ2) is 6.76. The van der Waals surface area contributed by atoms with Gasteiger partial charge in [-0.2, -0.15) is 18.3 Å². The minimum atomic E-state index is -4.48. The van der Waals surface area contributed by atoms with Crippen LogP contribution in [-0.4, -0.2) is 15.2 Å². The van der Waals surface area contributed by atoms with Crippen LogP contribution in [0.3, 0.4) is 0 Å². The van der Waals surface area contributed by atoms with Crippen LogP contribution < -0.4 is 4.74 Å². The smallest absolute Gasteiger partial charge is 0.417 e. The van der Waals surface area contributed by atoms with E-state index < -0.39 is 17.8 Å². The zero-order valence-electron chi connectivity index (χ0n) is 13.0. The fourth-order valence-corrected chi connectivity index (χ4v) is 2.40. The lowest BCUT2D eigenvalue weighted by molar-refractivity contribution is -0.137. The number of benzene rings is 2. The molecule has 0 radical (unpaired) electrons. The summed E-state index contributed by atoms with van der Waals surface area (Å²) in [5, 5.41) is 7.11. The summed E-state index contributed by atoms with van der Waals surface area (Å²) in [4.78, 5) is 4.15. The Labute approximate surface area is 146 Å². The molecule has 0 unspecified atom stereocenters. The number of hydrogen-bond acceptors (Lipinski definition) is 3. The third-order valence-electron chi connectivity index (χ3n) is 3.49. The summed E-state index contributed by atoms with van der Waals surface area (Å²) < 4.78 is 45.0. The molecule has 1 heterocycles. The highest BCUT2D eigenvalue weighted by Crippen LogP contribution is 2.36. The minimum absolute atomic E-state index is 0.0329. The molecule has 2 aromatic carbocycles. The van der Waals surface area contributed by atoms with Crippen molar-refractivity contribution in [2.45, 2.75) is 19.2 Å². The zero-order valence-corrected chi connectivity index (χ0v) is 13.8. The summed E-state index contributed by atoms with van der Waals surface area (Å²) >= 11 is 5.81. The fourth-order valence-electron chi connectivity index (χ4n) is 2.27. The average Bonchev–Trinajstić information content (AvgIpc) is 3.06. The number of rotatable bonds is 4. The van der Waals surface area contributed by atoms with Gasteiger partial charge in [-0.3, -0.25) is 5.10 Å². The van der Waals surface area contributed by atoms with E-state index in [0.717, 1.165) is 6.07 Å². The number of aromatic amines is 1. The molecule has 1 N–H and O–H groups in total. The second-order valence-electron chi connectivity index (χ2n) is 5.30. The number of aromatic nitrogens is 3. The van der Waals surface area contributed by atoms with Gasteiger partial charge >= 0.3 is 6.18 Å². The highest BCUT2D eigenvalue weighted by Gasteiger charge is 2.34. The van der Waals surface area contributed by atoms with Crippen LogP contribution in [0.25, 0.3) is 11.4 Å². The summed E-state index contributed by atoms with van der Waals surface area (Å²) in [6.45, 7) is 1.72. The van der Waals surface area contributed by atoms with Crippen molar-refractivity contribution in [2.75, 3.05) is 0 Å². The molecule has 0 aliphatic carbocycles. The Balaban J connectivity index is 1.84. The molecule has 130 valence electrons. The summed E-state index contributed by atoms with van der Waals surface area (Å²) in [6.07, 6.45) is -5.01. The van der Waals surface area contributed by atoms with Crippen LogP contribution in [-0.2, 0) is 6.18 Å². The molecule has 8 heteroatoms. The summed E-state index contributed by atoms with van der Waals surface area (Å²) in [6, 6.07) is 11.9. The predicted molar refractivity (Wildman–Crippen MR) is 87.3 cm³/mol. The Morgan fingerprint density at radius 2 is 1.76 bits per heavy atom. The summed E-state index contributed by atoms with van der Waals surface area (Å²) in [5.74, 6) is 0.849. The van der Waals surface area contributed by atoms with E-state index in [0.29, 0.717) is 16.6 Å². The molecule has 0 fully saturated rings. The molecule has 0 amide bonds. The number of hydrogen-bond donors (Lipinski definition) is 1. The van der Waals surface area contributed by atoms with Crippen LogP contribution in [0.4, 0.5) is 13.2 Å². The SMILES string of the molecule is C[C@H](Oc1ccc(Cl)cc1)c1nc(-c2ccccc2C(F)(F)F)n[nH]1. The van der Waals surface area contributed by atoms with Gasteiger partial charge in [0.2, 0.25) is 0 Å². The molecule has 3 rings (SSSR count). The van der Waals surface area contributed by atoms with Crippen molar-refractivity contribution in [3.05, 3.63) is 64.9 Å². The van der Waals surface area contributed by atoms with E-state index in [1.807, 2.05) is 0 Å². The van der Waals surface area contributed by atoms with E-state index in [1.165, 1.54) is 18.2 Å². The van der Waals surface area contributed by atoms with Gasteiger partial charge in [0.1, 0.15) is 5.75 Å². The standard InChI is InChI=1S/C17H13ClF3N3O/c1-10(25-12-8-6-11(18)7-9-12)15-22-16(24-23-15)13-4-2-3-5-14(13)17(19,20)21/h2-10H,1H3,(H,22,23,24)/t10-/m0/s1.